The molecule has 178 valence electrons. The van der Waals surface area contributed by atoms with Crippen molar-refractivity contribution in [2.45, 2.75) is 110 Å². The summed E-state index contributed by atoms with van der Waals surface area (Å²) in [4.78, 5) is 16.7. The number of nitrogens with zero attached hydrogens (tertiary/aromatic N) is 2. The summed E-state index contributed by atoms with van der Waals surface area (Å²) in [7, 11) is 2.25. The van der Waals surface area contributed by atoms with Crippen LogP contribution in [0.25, 0.3) is 0 Å². The Bertz CT molecular complexity index is 394. The number of carbonyl (C=O) groups excluding carboxylic acids is 1. The van der Waals surface area contributed by atoms with Gasteiger partial charge in [-0.1, -0.05) is 58.3 Å². The Morgan fingerprint density at radius 2 is 1.40 bits per heavy atom. The Hall–Kier alpha value is -0.610. The van der Waals surface area contributed by atoms with Crippen LogP contribution in [0.5, 0.6) is 0 Å². The number of likely N-dealkylation sites (tertiary alicyclic amines) is 1. The molecule has 0 N–H and O–H groups in total. The third-order valence-electron chi connectivity index (χ3n) is 6.68. The van der Waals surface area contributed by atoms with Crippen molar-refractivity contribution in [2.75, 3.05) is 46.4 Å². The van der Waals surface area contributed by atoms with E-state index < -0.39 is 0 Å². The van der Waals surface area contributed by atoms with Crippen molar-refractivity contribution in [3.05, 3.63) is 0 Å². The first-order chi connectivity index (χ1) is 14.7. The first-order valence-corrected chi connectivity index (χ1v) is 13.2. The second-order valence-electron chi connectivity index (χ2n) is 9.47. The van der Waals surface area contributed by atoms with Crippen LogP contribution in [0.2, 0.25) is 0 Å². The summed E-state index contributed by atoms with van der Waals surface area (Å²) < 4.78 is 5.02. The monoisotopic (exact) mass is 424 g/mol. The SMILES string of the molecule is CCCCCCCCCN(CCCCCCC(=O)OCC)CCC1CCN(C)CC1. The molecule has 1 fully saturated rings. The first kappa shape index (κ1) is 27.4. The van der Waals surface area contributed by atoms with Gasteiger partial charge in [-0.25, -0.2) is 0 Å². The molecule has 0 bridgehead atoms. The summed E-state index contributed by atoms with van der Waals surface area (Å²) in [5, 5.41) is 0. The van der Waals surface area contributed by atoms with Gasteiger partial charge in [-0.15, -0.1) is 0 Å². The highest BCUT2D eigenvalue weighted by Crippen LogP contribution is 2.20. The zero-order chi connectivity index (χ0) is 21.9. The van der Waals surface area contributed by atoms with Gasteiger partial charge in [0.15, 0.2) is 0 Å². The van der Waals surface area contributed by atoms with Gasteiger partial charge in [-0.2, -0.15) is 0 Å². The number of carbonyl (C=O) groups is 1. The molecule has 1 rings (SSSR count). The molecule has 0 atom stereocenters. The zero-order valence-corrected chi connectivity index (χ0v) is 20.6. The lowest BCUT2D eigenvalue weighted by molar-refractivity contribution is -0.143. The van der Waals surface area contributed by atoms with Gasteiger partial charge < -0.3 is 14.5 Å². The van der Waals surface area contributed by atoms with Gasteiger partial charge in [0.25, 0.3) is 0 Å². The fraction of sp³-hybridized carbons (Fsp3) is 0.962. The number of esters is 1. The Morgan fingerprint density at radius 1 is 0.833 bits per heavy atom. The van der Waals surface area contributed by atoms with Gasteiger partial charge in [0.1, 0.15) is 0 Å². The largest absolute Gasteiger partial charge is 0.466 e. The third-order valence-corrected chi connectivity index (χ3v) is 6.68. The fourth-order valence-corrected chi connectivity index (χ4v) is 4.54. The van der Waals surface area contributed by atoms with Crippen LogP contribution in [0.15, 0.2) is 0 Å². The van der Waals surface area contributed by atoms with Crippen molar-refractivity contribution in [2.24, 2.45) is 5.92 Å². The van der Waals surface area contributed by atoms with E-state index in [9.17, 15) is 4.79 Å². The molecule has 1 heterocycles. The molecule has 1 aliphatic heterocycles. The molecule has 1 aliphatic rings. The minimum absolute atomic E-state index is 0.0313. The van der Waals surface area contributed by atoms with E-state index in [2.05, 4.69) is 23.8 Å². The van der Waals surface area contributed by atoms with Crippen molar-refractivity contribution in [3.63, 3.8) is 0 Å². The van der Waals surface area contributed by atoms with Crippen LogP contribution in [0.3, 0.4) is 0 Å². The molecule has 0 aliphatic carbocycles. The van der Waals surface area contributed by atoms with Crippen LogP contribution in [-0.2, 0) is 9.53 Å². The van der Waals surface area contributed by atoms with Gasteiger partial charge in [0.2, 0.25) is 0 Å². The van der Waals surface area contributed by atoms with E-state index in [0.717, 1.165) is 18.8 Å². The zero-order valence-electron chi connectivity index (χ0n) is 20.6. The highest BCUT2D eigenvalue weighted by Gasteiger charge is 2.17. The Labute approximate surface area is 188 Å². The van der Waals surface area contributed by atoms with E-state index >= 15 is 0 Å². The number of hydrogen-bond acceptors (Lipinski definition) is 4. The Balaban J connectivity index is 2.19. The summed E-state index contributed by atoms with van der Waals surface area (Å²) in [6, 6.07) is 0. The molecular weight excluding hydrogens is 372 g/mol. The molecular formula is C26H52N2O2. The topological polar surface area (TPSA) is 32.8 Å². The standard InChI is InChI=1S/C26H52N2O2/c1-4-6-7-8-9-11-14-20-28(24-19-25-17-22-27(3)23-18-25)21-15-12-10-13-16-26(29)30-5-2/h25H,4-24H2,1-3H3. The number of rotatable bonds is 19. The molecule has 4 heteroatoms. The summed E-state index contributed by atoms with van der Waals surface area (Å²) in [6.07, 6.45) is 19.1. The smallest absolute Gasteiger partial charge is 0.305 e. The molecule has 0 unspecified atom stereocenters. The van der Waals surface area contributed by atoms with E-state index in [1.807, 2.05) is 6.92 Å². The fourth-order valence-electron chi connectivity index (χ4n) is 4.54. The van der Waals surface area contributed by atoms with Gasteiger partial charge >= 0.3 is 5.97 Å². The minimum atomic E-state index is -0.0313. The van der Waals surface area contributed by atoms with Gasteiger partial charge in [-0.3, -0.25) is 4.79 Å². The Morgan fingerprint density at radius 3 is 2.00 bits per heavy atom. The molecule has 30 heavy (non-hydrogen) atoms. The average molecular weight is 425 g/mol. The molecule has 0 amide bonds. The lowest BCUT2D eigenvalue weighted by Crippen LogP contribution is -2.33. The second-order valence-corrected chi connectivity index (χ2v) is 9.47. The van der Waals surface area contributed by atoms with Gasteiger partial charge in [0.05, 0.1) is 6.61 Å². The molecule has 0 aromatic rings. The predicted octanol–water partition coefficient (Wildman–Crippen LogP) is 6.28. The average Bonchev–Trinajstić information content (AvgIpc) is 2.74. The second kappa shape index (κ2) is 19.1. The summed E-state index contributed by atoms with van der Waals surface area (Å²) in [6.45, 7) is 11.0. The Kier molecular flexibility index (Phi) is 17.5. The maximum Gasteiger partial charge on any atom is 0.305 e. The predicted molar refractivity (Wildman–Crippen MR) is 129 cm³/mol. The van der Waals surface area contributed by atoms with Crippen LogP contribution in [0.4, 0.5) is 0 Å². The molecule has 0 aromatic heterocycles. The normalized spacial score (nSPS) is 15.7. The van der Waals surface area contributed by atoms with Crippen LogP contribution < -0.4 is 0 Å². The van der Waals surface area contributed by atoms with E-state index in [1.165, 1.54) is 110 Å². The lowest BCUT2D eigenvalue weighted by atomic mass is 9.93. The van der Waals surface area contributed by atoms with E-state index in [0.29, 0.717) is 13.0 Å². The van der Waals surface area contributed by atoms with Gasteiger partial charge in [0, 0.05) is 6.42 Å². The summed E-state index contributed by atoms with van der Waals surface area (Å²) in [5.74, 6) is 0.901. The summed E-state index contributed by atoms with van der Waals surface area (Å²) in [5.41, 5.74) is 0. The maximum atomic E-state index is 11.4. The molecule has 1 saturated heterocycles. The van der Waals surface area contributed by atoms with Crippen molar-refractivity contribution in [3.8, 4) is 0 Å². The van der Waals surface area contributed by atoms with Crippen molar-refractivity contribution in [1.82, 2.24) is 9.80 Å². The van der Waals surface area contributed by atoms with Gasteiger partial charge in [-0.05, 0) is 91.1 Å². The highest BCUT2D eigenvalue weighted by molar-refractivity contribution is 5.69. The van der Waals surface area contributed by atoms with E-state index in [1.54, 1.807) is 0 Å². The first-order valence-electron chi connectivity index (χ1n) is 13.2. The van der Waals surface area contributed by atoms with Crippen LogP contribution >= 0.6 is 0 Å². The minimum Gasteiger partial charge on any atom is -0.466 e. The number of ether oxygens (including phenoxy) is 1. The lowest BCUT2D eigenvalue weighted by Gasteiger charge is -2.31. The van der Waals surface area contributed by atoms with Crippen molar-refractivity contribution < 1.29 is 9.53 Å². The number of unbranched alkanes of at least 4 members (excludes halogenated alkanes) is 9. The molecule has 4 nitrogen and oxygen atoms in total. The van der Waals surface area contributed by atoms with Crippen molar-refractivity contribution in [1.29, 1.82) is 0 Å². The van der Waals surface area contributed by atoms with Crippen LogP contribution in [0, 0.1) is 5.92 Å². The van der Waals surface area contributed by atoms with E-state index in [-0.39, 0.29) is 5.97 Å². The van der Waals surface area contributed by atoms with Crippen molar-refractivity contribution >= 4 is 5.97 Å². The van der Waals surface area contributed by atoms with E-state index in [4.69, 9.17) is 4.74 Å². The maximum absolute atomic E-state index is 11.4. The van der Waals surface area contributed by atoms with Crippen LogP contribution in [0.1, 0.15) is 110 Å². The quantitative estimate of drug-likeness (QED) is 0.180. The molecule has 0 radical (unpaired) electrons. The molecule has 0 saturated carbocycles. The highest BCUT2D eigenvalue weighted by atomic mass is 16.5. The molecule has 0 spiro atoms. The molecule has 0 aromatic carbocycles. The summed E-state index contributed by atoms with van der Waals surface area (Å²) >= 11 is 0. The number of piperidine rings is 1. The van der Waals surface area contributed by atoms with Crippen LogP contribution in [-0.4, -0.2) is 62.1 Å². The number of hydrogen-bond donors (Lipinski definition) is 0. The third kappa shape index (κ3) is 15.2.